The van der Waals surface area contributed by atoms with Crippen LogP contribution in [0.5, 0.6) is 5.75 Å². The summed E-state index contributed by atoms with van der Waals surface area (Å²) in [7, 11) is 0. The van der Waals surface area contributed by atoms with Crippen molar-refractivity contribution in [1.82, 2.24) is 10.1 Å². The molecule has 0 amide bonds. The Morgan fingerprint density at radius 1 is 1.35 bits per heavy atom. The number of aromatic nitrogens is 2. The number of nitrogens with two attached hydrogens (primary N) is 1. The van der Waals surface area contributed by atoms with Crippen molar-refractivity contribution in [3.63, 3.8) is 0 Å². The minimum atomic E-state index is 0.133. The van der Waals surface area contributed by atoms with Crippen LogP contribution in [0.3, 0.4) is 0 Å². The molecule has 0 spiro atoms. The van der Waals surface area contributed by atoms with Gasteiger partial charge in [0.05, 0.1) is 5.02 Å². The van der Waals surface area contributed by atoms with Crippen molar-refractivity contribution < 1.29 is 9.26 Å². The van der Waals surface area contributed by atoms with E-state index in [0.29, 0.717) is 27.5 Å². The lowest BCUT2D eigenvalue weighted by molar-refractivity contribution is 0.240. The molecule has 1 heterocycles. The summed E-state index contributed by atoms with van der Waals surface area (Å²) < 4.78 is 10.7. The predicted molar refractivity (Wildman–Crippen MR) is 77.1 cm³/mol. The molecule has 7 heteroatoms. The molecular weight excluding hydrogens is 301 g/mol. The zero-order valence-corrected chi connectivity index (χ0v) is 12.7. The van der Waals surface area contributed by atoms with E-state index in [0.717, 1.165) is 5.56 Å². The fourth-order valence-electron chi connectivity index (χ4n) is 1.62. The Bertz CT molecular complexity index is 599. The fourth-order valence-corrected chi connectivity index (χ4v) is 2.21. The largest absolute Gasteiger partial charge is 0.482 e. The van der Waals surface area contributed by atoms with Gasteiger partial charge < -0.3 is 15.0 Å². The summed E-state index contributed by atoms with van der Waals surface area (Å²) in [6.45, 7) is 4.38. The van der Waals surface area contributed by atoms with Crippen molar-refractivity contribution in [2.75, 3.05) is 0 Å². The number of halogens is 2. The highest BCUT2D eigenvalue weighted by Crippen LogP contribution is 2.32. The smallest absolute Gasteiger partial charge is 0.264 e. The van der Waals surface area contributed by atoms with Gasteiger partial charge in [0.15, 0.2) is 12.4 Å². The van der Waals surface area contributed by atoms with E-state index in [2.05, 4.69) is 10.1 Å². The van der Waals surface area contributed by atoms with Crippen molar-refractivity contribution in [2.45, 2.75) is 32.9 Å². The predicted octanol–water partition coefficient (Wildman–Crippen LogP) is 3.54. The first-order valence-corrected chi connectivity index (χ1v) is 6.90. The zero-order valence-electron chi connectivity index (χ0n) is 11.2. The molecule has 5 nitrogen and oxygen atoms in total. The molecule has 20 heavy (non-hydrogen) atoms. The van der Waals surface area contributed by atoms with Crippen molar-refractivity contribution in [1.29, 1.82) is 0 Å². The van der Waals surface area contributed by atoms with Gasteiger partial charge in [-0.15, -0.1) is 0 Å². The molecule has 1 aromatic carbocycles. The van der Waals surface area contributed by atoms with E-state index >= 15 is 0 Å². The van der Waals surface area contributed by atoms with Gasteiger partial charge in [-0.1, -0.05) is 42.2 Å². The topological polar surface area (TPSA) is 74.2 Å². The van der Waals surface area contributed by atoms with Gasteiger partial charge in [-0.25, -0.2) is 0 Å². The van der Waals surface area contributed by atoms with Gasteiger partial charge in [-0.2, -0.15) is 4.98 Å². The van der Waals surface area contributed by atoms with Gasteiger partial charge in [-0.3, -0.25) is 0 Å². The van der Waals surface area contributed by atoms with Crippen molar-refractivity contribution in [3.05, 3.63) is 39.5 Å². The molecule has 0 saturated heterocycles. The Labute approximate surface area is 127 Å². The lowest BCUT2D eigenvalue weighted by atomic mass is 10.2. The Morgan fingerprint density at radius 2 is 2.10 bits per heavy atom. The molecule has 0 radical (unpaired) electrons. The van der Waals surface area contributed by atoms with Gasteiger partial charge >= 0.3 is 0 Å². The van der Waals surface area contributed by atoms with E-state index in [4.69, 9.17) is 38.2 Å². The molecule has 0 unspecified atom stereocenters. The highest BCUT2D eigenvalue weighted by atomic mass is 35.5. The lowest BCUT2D eigenvalue weighted by Gasteiger charge is -2.11. The SMILES string of the molecule is CC(C)c1noc(COc2c(Cl)cc(Cl)cc2CN)n1. The molecule has 0 fully saturated rings. The summed E-state index contributed by atoms with van der Waals surface area (Å²) in [4.78, 5) is 4.22. The van der Waals surface area contributed by atoms with E-state index in [1.807, 2.05) is 13.8 Å². The summed E-state index contributed by atoms with van der Waals surface area (Å²) in [6.07, 6.45) is 0. The van der Waals surface area contributed by atoms with Crippen LogP contribution in [0.25, 0.3) is 0 Å². The average molecular weight is 316 g/mol. The second-order valence-corrected chi connectivity index (χ2v) is 5.41. The second kappa shape index (κ2) is 6.43. The van der Waals surface area contributed by atoms with Crippen molar-refractivity contribution >= 4 is 23.2 Å². The maximum absolute atomic E-state index is 6.10. The Hall–Kier alpha value is -1.30. The zero-order chi connectivity index (χ0) is 14.7. The van der Waals surface area contributed by atoms with Crippen molar-refractivity contribution in [3.8, 4) is 5.75 Å². The number of nitrogens with zero attached hydrogens (tertiary/aromatic N) is 2. The lowest BCUT2D eigenvalue weighted by Crippen LogP contribution is -2.04. The molecule has 1 aromatic heterocycles. The average Bonchev–Trinajstić information content (AvgIpc) is 2.85. The molecule has 2 N–H and O–H groups in total. The van der Waals surface area contributed by atoms with Crippen LogP contribution in [0.2, 0.25) is 10.0 Å². The van der Waals surface area contributed by atoms with Crippen LogP contribution >= 0.6 is 23.2 Å². The number of benzene rings is 1. The monoisotopic (exact) mass is 315 g/mol. The van der Waals surface area contributed by atoms with Crippen LogP contribution in [0, 0.1) is 0 Å². The quantitative estimate of drug-likeness (QED) is 0.913. The first-order chi connectivity index (χ1) is 9.51. The Morgan fingerprint density at radius 3 is 2.70 bits per heavy atom. The van der Waals surface area contributed by atoms with Crippen LogP contribution < -0.4 is 10.5 Å². The van der Waals surface area contributed by atoms with E-state index in [9.17, 15) is 0 Å². The van der Waals surface area contributed by atoms with Crippen LogP contribution in [0.4, 0.5) is 0 Å². The highest BCUT2D eigenvalue weighted by molar-refractivity contribution is 6.35. The molecule has 2 rings (SSSR count). The molecule has 0 bridgehead atoms. The van der Waals surface area contributed by atoms with Crippen LogP contribution in [-0.2, 0) is 13.2 Å². The van der Waals surface area contributed by atoms with Crippen LogP contribution in [-0.4, -0.2) is 10.1 Å². The third-order valence-corrected chi connectivity index (χ3v) is 3.14. The summed E-state index contributed by atoms with van der Waals surface area (Å²) in [6, 6.07) is 3.32. The third-order valence-electron chi connectivity index (χ3n) is 2.65. The number of ether oxygens (including phenoxy) is 1. The maximum Gasteiger partial charge on any atom is 0.264 e. The summed E-state index contributed by atoms with van der Waals surface area (Å²) >= 11 is 12.0. The van der Waals surface area contributed by atoms with Crippen molar-refractivity contribution in [2.24, 2.45) is 5.73 Å². The first-order valence-electron chi connectivity index (χ1n) is 6.14. The molecule has 0 atom stereocenters. The fraction of sp³-hybridized carbons (Fsp3) is 0.385. The standard InChI is InChI=1S/C13H15Cl2N3O2/c1-7(2)13-17-11(20-18-13)6-19-12-8(5-16)3-9(14)4-10(12)15/h3-4,7H,5-6,16H2,1-2H3. The van der Waals surface area contributed by atoms with E-state index < -0.39 is 0 Å². The number of rotatable bonds is 5. The van der Waals surface area contributed by atoms with Gasteiger partial charge in [0, 0.05) is 23.0 Å². The first kappa shape index (κ1) is 15.1. The van der Waals surface area contributed by atoms with Gasteiger partial charge in [0.1, 0.15) is 5.75 Å². The molecular formula is C13H15Cl2N3O2. The van der Waals surface area contributed by atoms with Gasteiger partial charge in [-0.05, 0) is 12.1 Å². The Kier molecular flexibility index (Phi) is 4.86. The highest BCUT2D eigenvalue weighted by Gasteiger charge is 2.13. The molecule has 108 valence electrons. The van der Waals surface area contributed by atoms with Gasteiger partial charge in [0.2, 0.25) is 0 Å². The number of hydrogen-bond acceptors (Lipinski definition) is 5. The molecule has 2 aromatic rings. The normalized spacial score (nSPS) is 11.1. The molecule has 0 aliphatic heterocycles. The number of hydrogen-bond donors (Lipinski definition) is 1. The Balaban J connectivity index is 2.14. The minimum absolute atomic E-state index is 0.133. The summed E-state index contributed by atoms with van der Waals surface area (Å²) in [5.74, 6) is 1.72. The van der Waals surface area contributed by atoms with Crippen LogP contribution in [0.1, 0.15) is 37.0 Å². The molecule has 0 aliphatic rings. The summed E-state index contributed by atoms with van der Waals surface area (Å²) in [5.41, 5.74) is 6.38. The van der Waals surface area contributed by atoms with E-state index in [-0.39, 0.29) is 19.1 Å². The molecule has 0 aliphatic carbocycles. The van der Waals surface area contributed by atoms with Gasteiger partial charge in [0.25, 0.3) is 5.89 Å². The third kappa shape index (κ3) is 3.42. The van der Waals surface area contributed by atoms with E-state index in [1.165, 1.54) is 0 Å². The van der Waals surface area contributed by atoms with E-state index in [1.54, 1.807) is 12.1 Å². The molecule has 0 saturated carbocycles. The minimum Gasteiger partial charge on any atom is -0.482 e. The maximum atomic E-state index is 6.10. The van der Waals surface area contributed by atoms with Crippen LogP contribution in [0.15, 0.2) is 16.7 Å². The second-order valence-electron chi connectivity index (χ2n) is 4.57. The summed E-state index contributed by atoms with van der Waals surface area (Å²) in [5, 5.41) is 4.78.